The van der Waals surface area contributed by atoms with E-state index in [4.69, 9.17) is 4.42 Å². The van der Waals surface area contributed by atoms with Gasteiger partial charge in [-0.3, -0.25) is 9.78 Å². The Kier molecular flexibility index (Phi) is 5.51. The highest BCUT2D eigenvalue weighted by molar-refractivity contribution is 5.77. The van der Waals surface area contributed by atoms with Gasteiger partial charge in [0.25, 0.3) is 5.89 Å². The summed E-state index contributed by atoms with van der Waals surface area (Å²) in [5.41, 5.74) is 1.86. The van der Waals surface area contributed by atoms with Gasteiger partial charge in [0.15, 0.2) is 0 Å². The van der Waals surface area contributed by atoms with Crippen LogP contribution in [0.3, 0.4) is 0 Å². The van der Waals surface area contributed by atoms with E-state index in [9.17, 15) is 4.79 Å². The molecule has 25 heavy (non-hydrogen) atoms. The highest BCUT2D eigenvalue weighted by Gasteiger charge is 2.14. The van der Waals surface area contributed by atoms with Gasteiger partial charge in [0.2, 0.25) is 11.8 Å². The lowest BCUT2D eigenvalue weighted by atomic mass is 10.1. The molecule has 1 aromatic carbocycles. The number of nitrogens with zero attached hydrogens (tertiary/aromatic N) is 3. The maximum atomic E-state index is 12.1. The molecule has 3 aromatic rings. The number of amides is 1. The third-order valence-electron chi connectivity index (χ3n) is 3.78. The van der Waals surface area contributed by atoms with Crippen molar-refractivity contribution in [3.8, 4) is 11.6 Å². The maximum absolute atomic E-state index is 12.1. The van der Waals surface area contributed by atoms with Gasteiger partial charge < -0.3 is 9.73 Å². The van der Waals surface area contributed by atoms with Crippen molar-refractivity contribution in [3.05, 3.63) is 66.2 Å². The molecule has 0 aliphatic carbocycles. The summed E-state index contributed by atoms with van der Waals surface area (Å²) in [6.45, 7) is 1.99. The van der Waals surface area contributed by atoms with Crippen molar-refractivity contribution in [1.82, 2.24) is 20.5 Å². The van der Waals surface area contributed by atoms with Gasteiger partial charge in [-0.05, 0) is 37.5 Å². The number of pyridine rings is 1. The van der Waals surface area contributed by atoms with Gasteiger partial charge >= 0.3 is 0 Å². The minimum Gasteiger partial charge on any atom is -0.419 e. The first-order chi connectivity index (χ1) is 12.2. The molecule has 1 unspecified atom stereocenters. The first kappa shape index (κ1) is 16.8. The molecule has 128 valence electrons. The Bertz CT molecular complexity index is 803. The fraction of sp³-hybridized carbons (Fsp3) is 0.263. The fourth-order valence-corrected chi connectivity index (χ4v) is 2.48. The van der Waals surface area contributed by atoms with Crippen LogP contribution in [0.5, 0.6) is 0 Å². The van der Waals surface area contributed by atoms with E-state index in [1.54, 1.807) is 12.3 Å². The summed E-state index contributed by atoms with van der Waals surface area (Å²) in [4.78, 5) is 16.3. The van der Waals surface area contributed by atoms with E-state index in [1.807, 2.05) is 37.3 Å². The quantitative estimate of drug-likeness (QED) is 0.717. The average Bonchev–Trinajstić information content (AvgIpc) is 3.10. The van der Waals surface area contributed by atoms with E-state index in [0.717, 1.165) is 12.8 Å². The Morgan fingerprint density at radius 1 is 1.12 bits per heavy atom. The van der Waals surface area contributed by atoms with Gasteiger partial charge in [-0.2, -0.15) is 0 Å². The summed E-state index contributed by atoms with van der Waals surface area (Å²) < 4.78 is 5.51. The zero-order valence-electron chi connectivity index (χ0n) is 14.1. The molecular formula is C19H20N4O2. The Labute approximate surface area is 146 Å². The van der Waals surface area contributed by atoms with E-state index in [2.05, 4.69) is 32.6 Å². The molecule has 0 aliphatic heterocycles. The summed E-state index contributed by atoms with van der Waals surface area (Å²) in [7, 11) is 0. The van der Waals surface area contributed by atoms with Crippen LogP contribution in [0.15, 0.2) is 59.1 Å². The maximum Gasteiger partial charge on any atom is 0.266 e. The van der Waals surface area contributed by atoms with Crippen LogP contribution in [0, 0.1) is 0 Å². The average molecular weight is 336 g/mol. The number of nitrogens with one attached hydrogen (secondary N) is 1. The Balaban J connectivity index is 1.48. The van der Waals surface area contributed by atoms with Crippen molar-refractivity contribution in [2.45, 2.75) is 32.2 Å². The third-order valence-corrected chi connectivity index (χ3v) is 3.78. The van der Waals surface area contributed by atoms with Crippen LogP contribution in [0.4, 0.5) is 0 Å². The van der Waals surface area contributed by atoms with Gasteiger partial charge in [-0.1, -0.05) is 36.4 Å². The van der Waals surface area contributed by atoms with E-state index >= 15 is 0 Å². The minimum atomic E-state index is -0.128. The zero-order valence-corrected chi connectivity index (χ0v) is 14.1. The lowest BCUT2D eigenvalue weighted by molar-refractivity contribution is -0.121. The predicted octanol–water partition coefficient (Wildman–Crippen LogP) is 2.81. The van der Waals surface area contributed by atoms with E-state index in [-0.39, 0.29) is 24.3 Å². The molecule has 0 spiro atoms. The van der Waals surface area contributed by atoms with Crippen LogP contribution in [0.1, 0.15) is 24.8 Å². The standard InChI is InChI=1S/C19H20N4O2/c1-14(10-11-15-7-3-2-4-8-15)21-17(24)13-18-22-23-19(25-18)16-9-5-6-12-20-16/h2-9,12,14H,10-11,13H2,1H3,(H,21,24). The van der Waals surface area contributed by atoms with Crippen LogP contribution in [0.2, 0.25) is 0 Å². The van der Waals surface area contributed by atoms with Crippen LogP contribution < -0.4 is 5.32 Å². The third kappa shape index (κ3) is 4.97. The Hall–Kier alpha value is -3.02. The fourth-order valence-electron chi connectivity index (χ4n) is 2.48. The van der Waals surface area contributed by atoms with Gasteiger partial charge in [0.1, 0.15) is 12.1 Å². The molecular weight excluding hydrogens is 316 g/mol. The van der Waals surface area contributed by atoms with E-state index in [0.29, 0.717) is 11.6 Å². The number of hydrogen-bond donors (Lipinski definition) is 1. The molecule has 0 saturated heterocycles. The second kappa shape index (κ2) is 8.19. The molecule has 1 atom stereocenters. The summed E-state index contributed by atoms with van der Waals surface area (Å²) in [5, 5.41) is 10.8. The monoisotopic (exact) mass is 336 g/mol. The van der Waals surface area contributed by atoms with E-state index in [1.165, 1.54) is 5.56 Å². The number of hydrogen-bond acceptors (Lipinski definition) is 5. The number of benzene rings is 1. The number of carbonyl (C=O) groups excluding carboxylic acids is 1. The molecule has 2 aromatic heterocycles. The number of carbonyl (C=O) groups is 1. The predicted molar refractivity (Wildman–Crippen MR) is 93.6 cm³/mol. The van der Waals surface area contributed by atoms with Crippen molar-refractivity contribution >= 4 is 5.91 Å². The first-order valence-corrected chi connectivity index (χ1v) is 8.28. The smallest absolute Gasteiger partial charge is 0.266 e. The second-order valence-electron chi connectivity index (χ2n) is 5.89. The molecule has 6 nitrogen and oxygen atoms in total. The molecule has 2 heterocycles. The topological polar surface area (TPSA) is 80.9 Å². The highest BCUT2D eigenvalue weighted by Crippen LogP contribution is 2.14. The second-order valence-corrected chi connectivity index (χ2v) is 5.89. The van der Waals surface area contributed by atoms with Gasteiger partial charge in [0.05, 0.1) is 0 Å². The van der Waals surface area contributed by atoms with Crippen LogP contribution in [0.25, 0.3) is 11.6 Å². The van der Waals surface area contributed by atoms with Crippen molar-refractivity contribution < 1.29 is 9.21 Å². The summed E-state index contributed by atoms with van der Waals surface area (Å²) in [5.74, 6) is 0.478. The largest absolute Gasteiger partial charge is 0.419 e. The molecule has 1 N–H and O–H groups in total. The van der Waals surface area contributed by atoms with E-state index < -0.39 is 0 Å². The molecule has 0 radical (unpaired) electrons. The summed E-state index contributed by atoms with van der Waals surface area (Å²) in [6, 6.07) is 15.7. The molecule has 0 bridgehead atoms. The number of aromatic nitrogens is 3. The molecule has 0 saturated carbocycles. The van der Waals surface area contributed by atoms with Crippen molar-refractivity contribution in [2.24, 2.45) is 0 Å². The summed E-state index contributed by atoms with van der Waals surface area (Å²) >= 11 is 0. The molecule has 0 fully saturated rings. The molecule has 0 aliphatic rings. The molecule has 1 amide bonds. The van der Waals surface area contributed by atoms with Crippen molar-refractivity contribution in [1.29, 1.82) is 0 Å². The Morgan fingerprint density at radius 3 is 2.68 bits per heavy atom. The first-order valence-electron chi connectivity index (χ1n) is 8.28. The Morgan fingerprint density at radius 2 is 1.92 bits per heavy atom. The summed E-state index contributed by atoms with van der Waals surface area (Å²) in [6.07, 6.45) is 3.52. The van der Waals surface area contributed by atoms with Crippen molar-refractivity contribution in [2.75, 3.05) is 0 Å². The molecule has 3 rings (SSSR count). The number of aryl methyl sites for hydroxylation is 1. The van der Waals surface area contributed by atoms with Gasteiger partial charge in [-0.25, -0.2) is 0 Å². The van der Waals surface area contributed by atoms with Crippen LogP contribution >= 0.6 is 0 Å². The normalized spacial score (nSPS) is 11.9. The van der Waals surface area contributed by atoms with Gasteiger partial charge in [-0.15, -0.1) is 10.2 Å². The van der Waals surface area contributed by atoms with Crippen LogP contribution in [-0.2, 0) is 17.6 Å². The zero-order chi connectivity index (χ0) is 17.5. The van der Waals surface area contributed by atoms with Crippen LogP contribution in [-0.4, -0.2) is 27.1 Å². The highest BCUT2D eigenvalue weighted by atomic mass is 16.4. The van der Waals surface area contributed by atoms with Crippen molar-refractivity contribution in [3.63, 3.8) is 0 Å². The lowest BCUT2D eigenvalue weighted by Crippen LogP contribution is -2.34. The lowest BCUT2D eigenvalue weighted by Gasteiger charge is -2.13. The van der Waals surface area contributed by atoms with Gasteiger partial charge in [0, 0.05) is 12.2 Å². The number of rotatable bonds is 7. The minimum absolute atomic E-state index is 0.0650. The molecule has 6 heteroatoms. The SMILES string of the molecule is CC(CCc1ccccc1)NC(=O)Cc1nnc(-c2ccccn2)o1.